The van der Waals surface area contributed by atoms with Gasteiger partial charge >= 0.3 is 12.1 Å². The van der Waals surface area contributed by atoms with E-state index in [0.717, 1.165) is 0 Å². The number of hydrogen-bond donors (Lipinski definition) is 0. The Hall–Kier alpha value is -1.40. The smallest absolute Gasteiger partial charge is 0.429 e. The van der Waals surface area contributed by atoms with E-state index in [4.69, 9.17) is 27.9 Å². The Bertz CT molecular complexity index is 626. The van der Waals surface area contributed by atoms with Gasteiger partial charge in [0, 0.05) is 10.6 Å². The molecule has 1 atom stereocenters. The molecule has 120 valence electrons. The third-order valence-electron chi connectivity index (χ3n) is 2.90. The average molecular weight is 355 g/mol. The number of ether oxygens (including phenoxy) is 2. The number of rotatable bonds is 3. The van der Waals surface area contributed by atoms with Crippen molar-refractivity contribution < 1.29 is 27.4 Å². The number of benzene rings is 1. The van der Waals surface area contributed by atoms with Gasteiger partial charge in [0.25, 0.3) is 0 Å². The Morgan fingerprint density at radius 2 is 2.05 bits per heavy atom. The molecular weight excluding hydrogens is 344 g/mol. The first-order valence-corrected chi connectivity index (χ1v) is 7.06. The Kier molecular flexibility index (Phi) is 4.92. The summed E-state index contributed by atoms with van der Waals surface area (Å²) in [5.41, 5.74) is 0.0362. The number of alkyl halides is 3. The van der Waals surface area contributed by atoms with E-state index in [1.807, 2.05) is 0 Å². The average Bonchev–Trinajstić information content (AvgIpc) is 2.36. The summed E-state index contributed by atoms with van der Waals surface area (Å²) in [6.45, 7) is 1.65. The predicted octanol–water partition coefficient (Wildman–Crippen LogP) is 4.65. The summed E-state index contributed by atoms with van der Waals surface area (Å²) in [6.07, 6.45) is -6.24. The van der Waals surface area contributed by atoms with Gasteiger partial charge < -0.3 is 9.47 Å². The first kappa shape index (κ1) is 17.0. The van der Waals surface area contributed by atoms with Crippen LogP contribution in [0.2, 0.25) is 10.0 Å². The summed E-state index contributed by atoms with van der Waals surface area (Å²) in [7, 11) is 0. The van der Waals surface area contributed by atoms with Gasteiger partial charge in [0.15, 0.2) is 0 Å². The molecule has 0 saturated carbocycles. The fraction of sp³-hybridized carbons (Fsp3) is 0.357. The zero-order chi connectivity index (χ0) is 16.5. The molecule has 1 heterocycles. The largest absolute Gasteiger partial charge is 0.474 e. The van der Waals surface area contributed by atoms with Crippen molar-refractivity contribution in [2.24, 2.45) is 0 Å². The number of halogens is 5. The van der Waals surface area contributed by atoms with E-state index in [2.05, 4.69) is 4.74 Å². The van der Waals surface area contributed by atoms with Gasteiger partial charge in [-0.15, -0.1) is 0 Å². The van der Waals surface area contributed by atoms with Gasteiger partial charge in [0.2, 0.25) is 6.10 Å². The van der Waals surface area contributed by atoms with E-state index in [1.165, 1.54) is 18.2 Å². The predicted molar refractivity (Wildman–Crippen MR) is 76.2 cm³/mol. The summed E-state index contributed by atoms with van der Waals surface area (Å²) in [6, 6.07) is 2.71. The number of fused-ring (bicyclic) bond motifs is 1. The molecule has 1 aliphatic heterocycles. The van der Waals surface area contributed by atoms with Gasteiger partial charge in [-0.1, -0.05) is 23.2 Å². The number of esters is 1. The van der Waals surface area contributed by atoms with Crippen molar-refractivity contribution in [1.82, 2.24) is 0 Å². The molecule has 2 rings (SSSR count). The number of carbonyl (C=O) groups is 1. The van der Waals surface area contributed by atoms with E-state index in [9.17, 15) is 18.0 Å². The van der Waals surface area contributed by atoms with Crippen LogP contribution in [0, 0.1) is 0 Å². The van der Waals surface area contributed by atoms with Crippen LogP contribution in [0.15, 0.2) is 17.7 Å². The lowest BCUT2D eigenvalue weighted by Crippen LogP contribution is -2.38. The first-order valence-electron chi connectivity index (χ1n) is 6.31. The highest BCUT2D eigenvalue weighted by Crippen LogP contribution is 2.42. The van der Waals surface area contributed by atoms with Gasteiger partial charge in [0.05, 0.1) is 18.1 Å². The van der Waals surface area contributed by atoms with Crippen molar-refractivity contribution in [3.63, 3.8) is 0 Å². The third kappa shape index (κ3) is 3.67. The monoisotopic (exact) mass is 354 g/mol. The summed E-state index contributed by atoms with van der Waals surface area (Å²) in [4.78, 5) is 11.5. The molecule has 0 fully saturated rings. The lowest BCUT2D eigenvalue weighted by molar-refractivity contribution is -0.184. The van der Waals surface area contributed by atoms with Crippen molar-refractivity contribution in [3.8, 4) is 5.75 Å². The van der Waals surface area contributed by atoms with E-state index < -0.39 is 24.7 Å². The minimum atomic E-state index is -4.68. The van der Waals surface area contributed by atoms with Crippen LogP contribution in [0.5, 0.6) is 5.75 Å². The number of carbonyl (C=O) groups excluding carboxylic acids is 1. The van der Waals surface area contributed by atoms with Crippen molar-refractivity contribution in [2.75, 3.05) is 6.61 Å². The zero-order valence-corrected chi connectivity index (χ0v) is 12.9. The van der Waals surface area contributed by atoms with Gasteiger partial charge in [-0.2, -0.15) is 13.2 Å². The summed E-state index contributed by atoms with van der Waals surface area (Å²) < 4.78 is 49.1. The minimum Gasteiger partial charge on any atom is -0.474 e. The molecule has 0 aromatic heterocycles. The van der Waals surface area contributed by atoms with Crippen LogP contribution < -0.4 is 4.74 Å². The van der Waals surface area contributed by atoms with Crippen molar-refractivity contribution >= 4 is 35.2 Å². The Labute approximate surface area is 134 Å². The Morgan fingerprint density at radius 1 is 1.36 bits per heavy atom. The van der Waals surface area contributed by atoms with E-state index in [1.54, 1.807) is 6.92 Å². The quantitative estimate of drug-likeness (QED) is 0.741. The second-order valence-electron chi connectivity index (χ2n) is 4.55. The summed E-state index contributed by atoms with van der Waals surface area (Å²) >= 11 is 11.7. The van der Waals surface area contributed by atoms with E-state index in [0.29, 0.717) is 0 Å². The maximum atomic E-state index is 13.1. The van der Waals surface area contributed by atoms with Crippen molar-refractivity contribution in [3.05, 3.63) is 33.3 Å². The van der Waals surface area contributed by atoms with Crippen LogP contribution in [0.3, 0.4) is 0 Å². The Morgan fingerprint density at radius 3 is 2.64 bits per heavy atom. The fourth-order valence-electron chi connectivity index (χ4n) is 2.08. The van der Waals surface area contributed by atoms with Gasteiger partial charge in [-0.05, 0) is 30.7 Å². The van der Waals surface area contributed by atoms with Gasteiger partial charge in [0.1, 0.15) is 5.75 Å². The Balaban J connectivity index is 2.44. The highest BCUT2D eigenvalue weighted by molar-refractivity contribution is 6.36. The lowest BCUT2D eigenvalue weighted by atomic mass is 9.98. The SMILES string of the molecule is CCOC(=O)CC1=Cc2cc(Cl)cc(Cl)c2OC1C(F)(F)F. The van der Waals surface area contributed by atoms with Gasteiger partial charge in [-0.25, -0.2) is 0 Å². The molecule has 0 radical (unpaired) electrons. The zero-order valence-electron chi connectivity index (χ0n) is 11.3. The van der Waals surface area contributed by atoms with E-state index >= 15 is 0 Å². The molecule has 1 unspecified atom stereocenters. The van der Waals surface area contributed by atoms with Crippen LogP contribution >= 0.6 is 23.2 Å². The van der Waals surface area contributed by atoms with Crippen LogP contribution in [0.4, 0.5) is 13.2 Å². The molecular formula is C14H11Cl2F3O3. The molecule has 3 nitrogen and oxygen atoms in total. The van der Waals surface area contributed by atoms with Crippen LogP contribution in [-0.4, -0.2) is 24.9 Å². The maximum Gasteiger partial charge on any atom is 0.429 e. The first-order chi connectivity index (χ1) is 10.2. The number of hydrogen-bond acceptors (Lipinski definition) is 3. The molecule has 0 spiro atoms. The molecule has 0 saturated heterocycles. The third-order valence-corrected chi connectivity index (χ3v) is 3.40. The van der Waals surface area contributed by atoms with Gasteiger partial charge in [-0.3, -0.25) is 4.79 Å². The molecule has 1 aliphatic rings. The van der Waals surface area contributed by atoms with Crippen LogP contribution in [0.25, 0.3) is 6.08 Å². The molecule has 8 heteroatoms. The molecule has 0 N–H and O–H groups in total. The summed E-state index contributed by atoms with van der Waals surface area (Å²) in [5, 5.41) is 0.229. The highest BCUT2D eigenvalue weighted by atomic mass is 35.5. The minimum absolute atomic E-state index is 0.0248. The molecule has 1 aromatic rings. The topological polar surface area (TPSA) is 35.5 Å². The summed E-state index contributed by atoms with van der Waals surface area (Å²) in [5.74, 6) is -0.871. The molecule has 0 bridgehead atoms. The second kappa shape index (κ2) is 6.38. The van der Waals surface area contributed by atoms with Crippen LogP contribution in [-0.2, 0) is 9.53 Å². The second-order valence-corrected chi connectivity index (χ2v) is 5.39. The molecule has 0 aliphatic carbocycles. The van der Waals surface area contributed by atoms with E-state index in [-0.39, 0.29) is 33.5 Å². The lowest BCUT2D eigenvalue weighted by Gasteiger charge is -2.29. The fourth-order valence-corrected chi connectivity index (χ4v) is 2.63. The standard InChI is InChI=1S/C14H11Cl2F3O3/c1-2-21-11(20)5-8-3-7-4-9(15)6-10(16)12(7)22-13(8)14(17,18)19/h3-4,6,13H,2,5H2,1H3. The molecule has 22 heavy (non-hydrogen) atoms. The molecule has 1 aromatic carbocycles. The van der Waals surface area contributed by atoms with Crippen LogP contribution in [0.1, 0.15) is 18.9 Å². The normalized spacial score (nSPS) is 17.4. The highest BCUT2D eigenvalue weighted by Gasteiger charge is 2.46. The van der Waals surface area contributed by atoms with Crippen molar-refractivity contribution in [2.45, 2.75) is 25.6 Å². The maximum absolute atomic E-state index is 13.1. The molecule has 0 amide bonds. The van der Waals surface area contributed by atoms with Crippen molar-refractivity contribution in [1.29, 1.82) is 0 Å².